The van der Waals surface area contributed by atoms with Crippen molar-refractivity contribution in [3.8, 4) is 0 Å². The first-order valence-corrected chi connectivity index (χ1v) is 5.43. The average molecular weight is 255 g/mol. The number of halogens is 2. The molecular formula is C13H15F2NO2. The third-order valence-electron chi connectivity index (χ3n) is 2.28. The fourth-order valence-corrected chi connectivity index (χ4v) is 1.46. The summed E-state index contributed by atoms with van der Waals surface area (Å²) in [5, 5.41) is 11.9. The topological polar surface area (TPSA) is 49.3 Å². The molecule has 0 saturated carbocycles. The molecule has 2 N–H and O–H groups in total. The Morgan fingerprint density at radius 1 is 1.44 bits per heavy atom. The van der Waals surface area contributed by atoms with Crippen LogP contribution < -0.4 is 5.32 Å². The van der Waals surface area contributed by atoms with Crippen molar-refractivity contribution in [3.05, 3.63) is 46.7 Å². The van der Waals surface area contributed by atoms with Gasteiger partial charge in [-0.15, -0.1) is 0 Å². The van der Waals surface area contributed by atoms with Crippen LogP contribution in [0.4, 0.5) is 8.78 Å². The quantitative estimate of drug-likeness (QED) is 0.848. The van der Waals surface area contributed by atoms with Crippen LogP contribution in [0.15, 0.2) is 30.0 Å². The number of rotatable bonds is 5. The maximum atomic E-state index is 12.6. The fraction of sp³-hybridized carbons (Fsp3) is 0.308. The number of hydrogen-bond acceptors (Lipinski definition) is 2. The summed E-state index contributed by atoms with van der Waals surface area (Å²) in [5.74, 6) is -1.34. The summed E-state index contributed by atoms with van der Waals surface area (Å²) in [5.41, 5.74) is 0.918. The first-order chi connectivity index (χ1) is 8.41. The monoisotopic (exact) mass is 255 g/mol. The van der Waals surface area contributed by atoms with Crippen LogP contribution in [0.3, 0.4) is 0 Å². The number of alkyl halides is 2. The predicted octanol–water partition coefficient (Wildman–Crippen LogP) is 3.34. The molecule has 0 saturated heterocycles. The lowest BCUT2D eigenvalue weighted by Crippen LogP contribution is -2.09. The van der Waals surface area contributed by atoms with Crippen LogP contribution in [-0.4, -0.2) is 11.1 Å². The van der Waals surface area contributed by atoms with E-state index in [9.17, 15) is 13.6 Å². The van der Waals surface area contributed by atoms with Gasteiger partial charge in [0.1, 0.15) is 0 Å². The minimum atomic E-state index is -2.78. The maximum absolute atomic E-state index is 12.6. The lowest BCUT2D eigenvalue weighted by molar-refractivity contribution is 0.0684. The zero-order valence-corrected chi connectivity index (χ0v) is 10.2. The van der Waals surface area contributed by atoms with Gasteiger partial charge in [0.15, 0.2) is 0 Å². The van der Waals surface area contributed by atoms with Gasteiger partial charge in [-0.05, 0) is 31.7 Å². The summed E-state index contributed by atoms with van der Waals surface area (Å²) in [6, 6.07) is 3.93. The van der Waals surface area contributed by atoms with Crippen LogP contribution in [-0.2, 0) is 6.54 Å². The fourth-order valence-electron chi connectivity index (χ4n) is 1.46. The number of aromatic carboxylic acids is 1. The Labute approximate surface area is 104 Å². The molecule has 0 aliphatic rings. The number of hydrogen-bond donors (Lipinski definition) is 2. The summed E-state index contributed by atoms with van der Waals surface area (Å²) < 4.78 is 25.2. The molecule has 3 nitrogen and oxygen atoms in total. The molecule has 0 unspecified atom stereocenters. The third-order valence-corrected chi connectivity index (χ3v) is 2.28. The Morgan fingerprint density at radius 2 is 2.11 bits per heavy atom. The van der Waals surface area contributed by atoms with Gasteiger partial charge in [0.05, 0.1) is 5.56 Å². The first-order valence-electron chi connectivity index (χ1n) is 5.43. The van der Waals surface area contributed by atoms with Crippen LogP contribution in [0.5, 0.6) is 0 Å². The van der Waals surface area contributed by atoms with Gasteiger partial charge in [-0.3, -0.25) is 0 Å². The van der Waals surface area contributed by atoms with Crippen molar-refractivity contribution >= 4 is 5.97 Å². The van der Waals surface area contributed by atoms with E-state index >= 15 is 0 Å². The van der Waals surface area contributed by atoms with E-state index in [0.29, 0.717) is 12.1 Å². The molecule has 0 aromatic heterocycles. The van der Waals surface area contributed by atoms with Crippen molar-refractivity contribution in [1.29, 1.82) is 0 Å². The predicted molar refractivity (Wildman–Crippen MR) is 64.6 cm³/mol. The first kappa shape index (κ1) is 14.2. The molecule has 0 heterocycles. The van der Waals surface area contributed by atoms with Crippen molar-refractivity contribution < 1.29 is 18.7 Å². The van der Waals surface area contributed by atoms with Crippen molar-refractivity contribution in [2.24, 2.45) is 0 Å². The second-order valence-corrected chi connectivity index (χ2v) is 4.13. The molecule has 0 amide bonds. The maximum Gasteiger partial charge on any atom is 0.336 e. The number of carboxylic acid groups (broad SMARTS) is 1. The second kappa shape index (κ2) is 6.14. The number of allylic oxidation sites excluding steroid dienone is 1. The van der Waals surface area contributed by atoms with Gasteiger partial charge in [-0.25, -0.2) is 13.6 Å². The highest BCUT2D eigenvalue weighted by Gasteiger charge is 2.17. The van der Waals surface area contributed by atoms with Crippen LogP contribution in [0, 0.1) is 0 Å². The number of carboxylic acids is 1. The molecule has 1 aromatic carbocycles. The van der Waals surface area contributed by atoms with Gasteiger partial charge in [0, 0.05) is 12.1 Å². The second-order valence-electron chi connectivity index (χ2n) is 4.13. The molecule has 0 spiro atoms. The largest absolute Gasteiger partial charge is 0.478 e. The minimum Gasteiger partial charge on any atom is -0.478 e. The van der Waals surface area contributed by atoms with E-state index < -0.39 is 18.0 Å². The molecular weight excluding hydrogens is 240 g/mol. The van der Waals surface area contributed by atoms with Crippen LogP contribution in [0.25, 0.3) is 0 Å². The molecule has 0 radical (unpaired) electrons. The zero-order valence-electron chi connectivity index (χ0n) is 10.2. The molecule has 1 aromatic rings. The highest BCUT2D eigenvalue weighted by Crippen LogP contribution is 2.24. The molecule has 0 aliphatic heterocycles. The van der Waals surface area contributed by atoms with E-state index in [1.807, 2.05) is 13.8 Å². The van der Waals surface area contributed by atoms with Gasteiger partial charge < -0.3 is 10.4 Å². The van der Waals surface area contributed by atoms with E-state index in [1.165, 1.54) is 12.1 Å². The van der Waals surface area contributed by atoms with E-state index in [0.717, 1.165) is 11.6 Å². The van der Waals surface area contributed by atoms with Gasteiger partial charge in [0.25, 0.3) is 6.43 Å². The van der Waals surface area contributed by atoms with Gasteiger partial charge in [0.2, 0.25) is 0 Å². The Hall–Kier alpha value is -1.91. The zero-order chi connectivity index (χ0) is 13.7. The van der Waals surface area contributed by atoms with Crippen molar-refractivity contribution in [2.75, 3.05) is 0 Å². The number of benzene rings is 1. The number of carbonyl (C=O) groups is 1. The van der Waals surface area contributed by atoms with Crippen LogP contribution in [0.1, 0.15) is 41.8 Å². The normalized spacial score (nSPS) is 10.3. The summed E-state index contributed by atoms with van der Waals surface area (Å²) in [6.45, 7) is 4.22. The van der Waals surface area contributed by atoms with Crippen LogP contribution in [0.2, 0.25) is 0 Å². The smallest absolute Gasteiger partial charge is 0.336 e. The lowest BCUT2D eigenvalue weighted by atomic mass is 10.0. The summed E-state index contributed by atoms with van der Waals surface area (Å²) in [6.07, 6.45) is -1.00. The van der Waals surface area contributed by atoms with E-state index in [2.05, 4.69) is 5.32 Å². The summed E-state index contributed by atoms with van der Waals surface area (Å²) in [7, 11) is 0. The lowest BCUT2D eigenvalue weighted by Gasteiger charge is -2.08. The molecule has 1 rings (SSSR count). The molecule has 0 fully saturated rings. The van der Waals surface area contributed by atoms with Crippen molar-refractivity contribution in [3.63, 3.8) is 0 Å². The van der Waals surface area contributed by atoms with E-state index in [1.54, 1.807) is 6.20 Å². The van der Waals surface area contributed by atoms with E-state index in [4.69, 9.17) is 5.11 Å². The Morgan fingerprint density at radius 3 is 2.61 bits per heavy atom. The summed E-state index contributed by atoms with van der Waals surface area (Å²) in [4.78, 5) is 10.9. The Balaban J connectivity index is 2.93. The molecule has 18 heavy (non-hydrogen) atoms. The molecule has 5 heteroatoms. The Bertz CT molecular complexity index is 466. The summed E-state index contributed by atoms with van der Waals surface area (Å²) >= 11 is 0. The highest BCUT2D eigenvalue weighted by atomic mass is 19.3. The average Bonchev–Trinajstić information content (AvgIpc) is 2.28. The molecule has 0 atom stereocenters. The molecule has 0 aliphatic carbocycles. The van der Waals surface area contributed by atoms with Gasteiger partial charge in [-0.1, -0.05) is 17.7 Å². The molecule has 0 bridgehead atoms. The highest BCUT2D eigenvalue weighted by molar-refractivity contribution is 5.89. The van der Waals surface area contributed by atoms with E-state index in [-0.39, 0.29) is 5.56 Å². The minimum absolute atomic E-state index is 0.346. The number of nitrogens with one attached hydrogen (secondary N) is 1. The standard InChI is InChI=1S/C13H15F2NO2/c1-8(2)6-16-7-9-3-4-10(12(14)15)11(5-9)13(17)18/h3-6,12,16H,7H2,1-2H3,(H,17,18). The van der Waals surface area contributed by atoms with Gasteiger partial charge in [-0.2, -0.15) is 0 Å². The Kier molecular flexibility index (Phi) is 4.83. The molecule has 98 valence electrons. The van der Waals surface area contributed by atoms with Crippen LogP contribution >= 0.6 is 0 Å². The van der Waals surface area contributed by atoms with Crippen molar-refractivity contribution in [2.45, 2.75) is 26.8 Å². The SMILES string of the molecule is CC(C)=CNCc1ccc(C(F)F)c(C(=O)O)c1. The van der Waals surface area contributed by atoms with Gasteiger partial charge >= 0.3 is 5.97 Å². The third kappa shape index (κ3) is 3.84. The van der Waals surface area contributed by atoms with Crippen molar-refractivity contribution in [1.82, 2.24) is 5.32 Å².